The van der Waals surface area contributed by atoms with Crippen molar-refractivity contribution < 1.29 is 23.9 Å². The average Bonchev–Trinajstić information content (AvgIpc) is 3.05. The molecule has 1 aromatic rings. The molecule has 8 heteroatoms. The first-order chi connectivity index (χ1) is 11.4. The molecule has 1 rings (SSSR count). The molecule has 0 saturated carbocycles. The Bertz CT molecular complexity index is 568. The highest BCUT2D eigenvalue weighted by Crippen LogP contribution is 2.03. The van der Waals surface area contributed by atoms with E-state index >= 15 is 0 Å². The normalized spacial score (nSPS) is 13.4. The minimum atomic E-state index is -1.11. The lowest BCUT2D eigenvalue weighted by atomic mass is 10.1. The van der Waals surface area contributed by atoms with Crippen molar-refractivity contribution in [1.82, 2.24) is 10.6 Å². The second-order valence-corrected chi connectivity index (χ2v) is 5.26. The molecule has 0 unspecified atom stereocenters. The maximum Gasteiger partial charge on any atom is 0.326 e. The molecular formula is C16H23N3O5. The van der Waals surface area contributed by atoms with Gasteiger partial charge in [0, 0.05) is 6.08 Å². The van der Waals surface area contributed by atoms with Crippen LogP contribution in [-0.4, -0.2) is 41.5 Å². The summed E-state index contributed by atoms with van der Waals surface area (Å²) in [5, 5.41) is 14.0. The maximum absolute atomic E-state index is 12.0. The topological polar surface area (TPSA) is 135 Å². The molecule has 0 aliphatic carbocycles. The van der Waals surface area contributed by atoms with E-state index < -0.39 is 29.9 Å². The lowest BCUT2D eigenvalue weighted by Gasteiger charge is -2.18. The van der Waals surface area contributed by atoms with E-state index in [0.717, 1.165) is 0 Å². The van der Waals surface area contributed by atoms with Crippen LogP contribution in [0, 0.1) is 0 Å². The zero-order valence-corrected chi connectivity index (χ0v) is 13.5. The van der Waals surface area contributed by atoms with Crippen molar-refractivity contribution >= 4 is 23.9 Å². The Morgan fingerprint density at radius 2 is 2.08 bits per heavy atom. The van der Waals surface area contributed by atoms with Crippen molar-refractivity contribution in [2.45, 2.75) is 38.3 Å². The van der Waals surface area contributed by atoms with E-state index in [-0.39, 0.29) is 6.42 Å². The summed E-state index contributed by atoms with van der Waals surface area (Å²) in [7, 11) is 0. The number of furan rings is 1. The number of hydrogen-bond acceptors (Lipinski definition) is 5. The van der Waals surface area contributed by atoms with Crippen LogP contribution in [0.3, 0.4) is 0 Å². The number of hydrogen-bond donors (Lipinski definition) is 4. The number of nitrogens with one attached hydrogen (secondary N) is 2. The van der Waals surface area contributed by atoms with Crippen molar-refractivity contribution in [3.63, 3.8) is 0 Å². The van der Waals surface area contributed by atoms with Gasteiger partial charge in [0.15, 0.2) is 0 Å². The van der Waals surface area contributed by atoms with Gasteiger partial charge < -0.3 is 25.9 Å². The molecule has 24 heavy (non-hydrogen) atoms. The van der Waals surface area contributed by atoms with Gasteiger partial charge >= 0.3 is 5.97 Å². The second-order valence-electron chi connectivity index (χ2n) is 5.26. The molecular weight excluding hydrogens is 314 g/mol. The smallest absolute Gasteiger partial charge is 0.326 e. The van der Waals surface area contributed by atoms with Gasteiger partial charge in [-0.15, -0.1) is 0 Å². The summed E-state index contributed by atoms with van der Waals surface area (Å²) in [5.74, 6) is -1.65. The highest BCUT2D eigenvalue weighted by molar-refractivity contribution is 5.95. The number of nitrogens with two attached hydrogens (primary N) is 1. The van der Waals surface area contributed by atoms with Crippen LogP contribution in [-0.2, 0) is 14.4 Å². The van der Waals surface area contributed by atoms with Gasteiger partial charge in [0.05, 0.1) is 6.26 Å². The summed E-state index contributed by atoms with van der Waals surface area (Å²) < 4.78 is 5.04. The molecule has 1 heterocycles. The van der Waals surface area contributed by atoms with Gasteiger partial charge in [0.1, 0.15) is 17.8 Å². The first-order valence-electron chi connectivity index (χ1n) is 7.69. The van der Waals surface area contributed by atoms with Crippen LogP contribution >= 0.6 is 0 Å². The van der Waals surface area contributed by atoms with E-state index in [4.69, 9.17) is 15.3 Å². The molecule has 5 N–H and O–H groups in total. The zero-order valence-electron chi connectivity index (χ0n) is 13.5. The summed E-state index contributed by atoms with van der Waals surface area (Å²) in [6, 6.07) is 1.50. The molecule has 1 aromatic heterocycles. The lowest BCUT2D eigenvalue weighted by molar-refractivity contribution is -0.142. The Kier molecular flexibility index (Phi) is 8.28. The molecule has 0 bridgehead atoms. The number of carbonyl (C=O) groups is 3. The van der Waals surface area contributed by atoms with E-state index in [9.17, 15) is 14.4 Å². The molecule has 132 valence electrons. The number of unbranched alkanes of at least 4 members (excludes halogenated alkanes) is 1. The number of carboxylic acids is 1. The first-order valence-corrected chi connectivity index (χ1v) is 7.69. The van der Waals surface area contributed by atoms with Gasteiger partial charge in [0.2, 0.25) is 11.8 Å². The molecule has 0 aromatic carbocycles. The Morgan fingerprint density at radius 1 is 1.33 bits per heavy atom. The fraction of sp³-hybridized carbons (Fsp3) is 0.438. The standard InChI is InChI=1S/C16H23N3O5/c1-11(18-14(20)8-7-12-5-4-10-24-12)15(21)19-13(16(22)23)6-2-3-9-17/h4-5,7-8,10-11,13H,2-3,6,9,17H2,1H3,(H,18,20)(H,19,21)(H,22,23)/b8-7+/t11-,13+/m0/s1. The van der Waals surface area contributed by atoms with Crippen LogP contribution < -0.4 is 16.4 Å². The quantitative estimate of drug-likeness (QED) is 0.363. The molecule has 0 saturated heterocycles. The van der Waals surface area contributed by atoms with Gasteiger partial charge in [-0.25, -0.2) is 4.79 Å². The zero-order chi connectivity index (χ0) is 17.9. The molecule has 0 aliphatic rings. The SMILES string of the molecule is C[C@H](NC(=O)/C=C/c1ccco1)C(=O)N[C@H](CCCCN)C(=O)O. The fourth-order valence-electron chi connectivity index (χ4n) is 1.92. The Labute approximate surface area is 140 Å². The lowest BCUT2D eigenvalue weighted by Crippen LogP contribution is -2.50. The minimum absolute atomic E-state index is 0.289. The molecule has 0 fully saturated rings. The number of carboxylic acid groups (broad SMARTS) is 1. The van der Waals surface area contributed by atoms with Gasteiger partial charge in [-0.1, -0.05) is 0 Å². The van der Waals surface area contributed by atoms with E-state index in [0.29, 0.717) is 25.1 Å². The van der Waals surface area contributed by atoms with Crippen molar-refractivity contribution in [2.75, 3.05) is 6.54 Å². The number of aliphatic carboxylic acids is 1. The van der Waals surface area contributed by atoms with E-state index in [1.54, 1.807) is 12.1 Å². The van der Waals surface area contributed by atoms with Crippen LogP contribution in [0.2, 0.25) is 0 Å². The summed E-state index contributed by atoms with van der Waals surface area (Å²) in [6.07, 6.45) is 5.75. The average molecular weight is 337 g/mol. The van der Waals surface area contributed by atoms with Crippen LogP contribution in [0.4, 0.5) is 0 Å². The monoisotopic (exact) mass is 337 g/mol. The van der Waals surface area contributed by atoms with Gasteiger partial charge in [-0.05, 0) is 50.9 Å². The van der Waals surface area contributed by atoms with Gasteiger partial charge in [0.25, 0.3) is 0 Å². The van der Waals surface area contributed by atoms with Crippen molar-refractivity contribution in [1.29, 1.82) is 0 Å². The summed E-state index contributed by atoms with van der Waals surface area (Å²) in [6.45, 7) is 1.95. The van der Waals surface area contributed by atoms with Crippen molar-refractivity contribution in [2.24, 2.45) is 5.73 Å². The fourth-order valence-corrected chi connectivity index (χ4v) is 1.92. The van der Waals surface area contributed by atoms with Crippen molar-refractivity contribution in [3.05, 3.63) is 30.2 Å². The summed E-state index contributed by atoms with van der Waals surface area (Å²) >= 11 is 0. The number of amides is 2. The molecule has 0 radical (unpaired) electrons. The van der Waals surface area contributed by atoms with Gasteiger partial charge in [-0.3, -0.25) is 9.59 Å². The molecule has 0 spiro atoms. The van der Waals surface area contributed by atoms with Gasteiger partial charge in [-0.2, -0.15) is 0 Å². The third kappa shape index (κ3) is 7.10. The van der Waals surface area contributed by atoms with E-state index in [2.05, 4.69) is 10.6 Å². The Hall–Kier alpha value is -2.61. The maximum atomic E-state index is 12.0. The highest BCUT2D eigenvalue weighted by atomic mass is 16.4. The summed E-state index contributed by atoms with van der Waals surface area (Å²) in [5.41, 5.74) is 5.36. The molecule has 2 atom stereocenters. The van der Waals surface area contributed by atoms with Crippen LogP contribution in [0.25, 0.3) is 6.08 Å². The second kappa shape index (κ2) is 10.2. The molecule has 2 amide bonds. The molecule has 8 nitrogen and oxygen atoms in total. The number of carbonyl (C=O) groups excluding carboxylic acids is 2. The predicted molar refractivity (Wildman–Crippen MR) is 87.8 cm³/mol. The minimum Gasteiger partial charge on any atom is -0.480 e. The van der Waals surface area contributed by atoms with Crippen LogP contribution in [0.5, 0.6) is 0 Å². The Morgan fingerprint density at radius 3 is 2.67 bits per heavy atom. The number of rotatable bonds is 10. The Balaban J connectivity index is 2.47. The van der Waals surface area contributed by atoms with Crippen molar-refractivity contribution in [3.8, 4) is 0 Å². The van der Waals surface area contributed by atoms with E-state index in [1.807, 2.05) is 0 Å². The first kappa shape index (κ1) is 19.4. The van der Waals surface area contributed by atoms with Crippen LogP contribution in [0.1, 0.15) is 31.9 Å². The third-order valence-corrected chi connectivity index (χ3v) is 3.26. The van der Waals surface area contributed by atoms with E-state index in [1.165, 1.54) is 25.3 Å². The highest BCUT2D eigenvalue weighted by Gasteiger charge is 2.23. The third-order valence-electron chi connectivity index (χ3n) is 3.26. The largest absolute Gasteiger partial charge is 0.480 e. The molecule has 0 aliphatic heterocycles. The van der Waals surface area contributed by atoms with Crippen LogP contribution in [0.15, 0.2) is 28.9 Å². The predicted octanol–water partition coefficient (Wildman–Crippen LogP) is 0.496. The summed E-state index contributed by atoms with van der Waals surface area (Å²) in [4.78, 5) is 34.9.